The third-order valence-electron chi connectivity index (χ3n) is 4.08. The van der Waals surface area contributed by atoms with Crippen LogP contribution in [0, 0.1) is 9.39 Å². The number of aromatic nitrogens is 2. The van der Waals surface area contributed by atoms with Crippen LogP contribution in [0.3, 0.4) is 0 Å². The number of ether oxygens (including phenoxy) is 1. The summed E-state index contributed by atoms with van der Waals surface area (Å²) in [6.45, 7) is 0.235. The van der Waals surface area contributed by atoms with Crippen molar-refractivity contribution in [2.75, 3.05) is 5.32 Å². The van der Waals surface area contributed by atoms with Crippen LogP contribution in [-0.4, -0.2) is 9.97 Å². The van der Waals surface area contributed by atoms with Crippen LogP contribution in [0.2, 0.25) is 5.02 Å². The lowest BCUT2D eigenvalue weighted by molar-refractivity contribution is 0.306. The fraction of sp³-hybridized carbons (Fsp3) is 0.0476. The fourth-order valence-electron chi connectivity index (χ4n) is 2.75. The summed E-state index contributed by atoms with van der Waals surface area (Å²) in [5, 5.41) is 4.66. The van der Waals surface area contributed by atoms with Crippen LogP contribution in [0.15, 0.2) is 67.0 Å². The van der Waals surface area contributed by atoms with E-state index in [0.29, 0.717) is 16.6 Å². The number of hydrogen-bond acceptors (Lipinski definition) is 4. The molecule has 1 aromatic heterocycles. The Kier molecular flexibility index (Phi) is 7.10. The van der Waals surface area contributed by atoms with Gasteiger partial charge in [0, 0.05) is 14.6 Å². The molecule has 148 valence electrons. The highest BCUT2D eigenvalue weighted by molar-refractivity contribution is 14.1. The molecule has 29 heavy (non-hydrogen) atoms. The van der Waals surface area contributed by atoms with E-state index in [-0.39, 0.29) is 24.8 Å². The van der Waals surface area contributed by atoms with E-state index in [0.717, 1.165) is 25.7 Å². The number of benzene rings is 3. The summed E-state index contributed by atoms with van der Waals surface area (Å²) in [7, 11) is 0. The summed E-state index contributed by atoms with van der Waals surface area (Å²) < 4.78 is 20.1. The van der Waals surface area contributed by atoms with Gasteiger partial charge in [0.2, 0.25) is 0 Å². The first kappa shape index (κ1) is 21.5. The number of halogens is 4. The maximum atomic E-state index is 13.3. The highest BCUT2D eigenvalue weighted by Crippen LogP contribution is 2.31. The third-order valence-corrected chi connectivity index (χ3v) is 5.04. The van der Waals surface area contributed by atoms with Gasteiger partial charge in [-0.2, -0.15) is 0 Å². The molecule has 0 unspecified atom stereocenters. The van der Waals surface area contributed by atoms with Crippen molar-refractivity contribution in [3.63, 3.8) is 0 Å². The largest absolute Gasteiger partial charge is 0.487 e. The summed E-state index contributed by atoms with van der Waals surface area (Å²) >= 11 is 8.62. The number of nitrogens with one attached hydrogen (secondary N) is 1. The standard InChI is InChI=1S/C21H14ClFIN3O.ClH/c22-18-10-16(5-7-20(18)28-11-13-2-1-3-14(23)8-13)27-21-17-9-15(24)4-6-19(17)25-12-26-21;/h1-10,12H,11H2,(H,25,26,27);1H. The lowest BCUT2D eigenvalue weighted by Crippen LogP contribution is -1.98. The van der Waals surface area contributed by atoms with Crippen molar-refractivity contribution in [3.8, 4) is 5.75 Å². The summed E-state index contributed by atoms with van der Waals surface area (Å²) in [6, 6.07) is 17.7. The number of nitrogens with zero attached hydrogens (tertiary/aromatic N) is 2. The lowest BCUT2D eigenvalue weighted by Gasteiger charge is -2.12. The van der Waals surface area contributed by atoms with Gasteiger partial charge in [-0.1, -0.05) is 23.7 Å². The van der Waals surface area contributed by atoms with E-state index in [4.69, 9.17) is 16.3 Å². The monoisotopic (exact) mass is 541 g/mol. The first-order valence-electron chi connectivity index (χ1n) is 8.42. The number of hydrogen-bond donors (Lipinski definition) is 1. The van der Waals surface area contributed by atoms with Crippen LogP contribution >= 0.6 is 46.6 Å². The van der Waals surface area contributed by atoms with Crippen molar-refractivity contribution < 1.29 is 9.13 Å². The van der Waals surface area contributed by atoms with Gasteiger partial charge in [-0.25, -0.2) is 14.4 Å². The highest BCUT2D eigenvalue weighted by atomic mass is 127. The third kappa shape index (κ3) is 5.26. The van der Waals surface area contributed by atoms with Crippen LogP contribution in [0.4, 0.5) is 15.9 Å². The number of fused-ring (bicyclic) bond motifs is 1. The van der Waals surface area contributed by atoms with Crippen molar-refractivity contribution in [3.05, 3.63) is 87.0 Å². The quantitative estimate of drug-likeness (QED) is 0.283. The molecule has 1 N–H and O–H groups in total. The minimum atomic E-state index is -0.293. The fourth-order valence-corrected chi connectivity index (χ4v) is 3.47. The second-order valence-electron chi connectivity index (χ2n) is 6.07. The lowest BCUT2D eigenvalue weighted by atomic mass is 10.2. The molecule has 0 spiro atoms. The summed E-state index contributed by atoms with van der Waals surface area (Å²) in [5.74, 6) is 0.935. The Morgan fingerprint density at radius 2 is 1.90 bits per heavy atom. The van der Waals surface area contributed by atoms with Crippen LogP contribution < -0.4 is 10.1 Å². The normalized spacial score (nSPS) is 10.4. The van der Waals surface area contributed by atoms with E-state index in [1.54, 1.807) is 24.3 Å². The van der Waals surface area contributed by atoms with Gasteiger partial charge in [-0.05, 0) is 76.7 Å². The summed E-state index contributed by atoms with van der Waals surface area (Å²) in [6.07, 6.45) is 1.52. The molecule has 0 saturated heterocycles. The number of rotatable bonds is 5. The molecule has 0 saturated carbocycles. The van der Waals surface area contributed by atoms with Crippen molar-refractivity contribution in [2.45, 2.75) is 6.61 Å². The molecule has 0 aliphatic heterocycles. The minimum absolute atomic E-state index is 0. The Hall–Kier alpha value is -2.16. The van der Waals surface area contributed by atoms with Gasteiger partial charge >= 0.3 is 0 Å². The van der Waals surface area contributed by atoms with E-state index >= 15 is 0 Å². The van der Waals surface area contributed by atoms with Gasteiger partial charge in [-0.15, -0.1) is 12.4 Å². The predicted octanol–water partition coefficient (Wildman–Crippen LogP) is 6.77. The van der Waals surface area contributed by atoms with Crippen LogP contribution in [0.1, 0.15) is 5.56 Å². The van der Waals surface area contributed by atoms with E-state index in [1.807, 2.05) is 24.3 Å². The maximum Gasteiger partial charge on any atom is 0.141 e. The van der Waals surface area contributed by atoms with Crippen molar-refractivity contribution in [2.24, 2.45) is 0 Å². The van der Waals surface area contributed by atoms with Crippen LogP contribution in [0.5, 0.6) is 5.75 Å². The SMILES string of the molecule is Cl.Fc1cccc(COc2ccc(Nc3ncnc4ccc(I)cc34)cc2Cl)c1. The molecule has 4 nitrogen and oxygen atoms in total. The first-order chi connectivity index (χ1) is 13.6. The molecule has 0 radical (unpaired) electrons. The van der Waals surface area contributed by atoms with Gasteiger partial charge < -0.3 is 10.1 Å². The molecule has 0 bridgehead atoms. The molecular formula is C21H15Cl2FIN3O. The molecule has 3 aromatic carbocycles. The highest BCUT2D eigenvalue weighted by Gasteiger charge is 2.08. The summed E-state index contributed by atoms with van der Waals surface area (Å²) in [4.78, 5) is 8.63. The molecular weight excluding hydrogens is 527 g/mol. The average Bonchev–Trinajstić information content (AvgIpc) is 2.68. The molecule has 1 heterocycles. The molecule has 8 heteroatoms. The molecule has 0 amide bonds. The molecule has 0 atom stereocenters. The van der Waals surface area contributed by atoms with Gasteiger partial charge in [0.25, 0.3) is 0 Å². The molecule has 0 aliphatic carbocycles. The van der Waals surface area contributed by atoms with Gasteiger partial charge in [0.05, 0.1) is 10.5 Å². The Labute approximate surface area is 192 Å². The van der Waals surface area contributed by atoms with Crippen LogP contribution in [0.25, 0.3) is 10.9 Å². The van der Waals surface area contributed by atoms with E-state index in [1.165, 1.54) is 18.5 Å². The predicted molar refractivity (Wildman–Crippen MR) is 125 cm³/mol. The van der Waals surface area contributed by atoms with E-state index in [2.05, 4.69) is 37.9 Å². The average molecular weight is 542 g/mol. The van der Waals surface area contributed by atoms with Gasteiger partial charge in [0.15, 0.2) is 0 Å². The van der Waals surface area contributed by atoms with E-state index < -0.39 is 0 Å². The van der Waals surface area contributed by atoms with Crippen molar-refractivity contribution in [1.82, 2.24) is 9.97 Å². The molecule has 4 aromatic rings. The smallest absolute Gasteiger partial charge is 0.141 e. The van der Waals surface area contributed by atoms with Crippen molar-refractivity contribution in [1.29, 1.82) is 0 Å². The Morgan fingerprint density at radius 3 is 2.69 bits per heavy atom. The second kappa shape index (κ2) is 9.56. The molecule has 4 rings (SSSR count). The topological polar surface area (TPSA) is 47.0 Å². The second-order valence-corrected chi connectivity index (χ2v) is 7.73. The maximum absolute atomic E-state index is 13.3. The Balaban J connectivity index is 0.00000240. The zero-order valence-electron chi connectivity index (χ0n) is 14.9. The molecule has 0 fully saturated rings. The first-order valence-corrected chi connectivity index (χ1v) is 9.88. The zero-order valence-corrected chi connectivity index (χ0v) is 18.6. The van der Waals surface area contributed by atoms with Crippen molar-refractivity contribution >= 4 is 69.0 Å². The minimum Gasteiger partial charge on any atom is -0.487 e. The van der Waals surface area contributed by atoms with Crippen LogP contribution in [-0.2, 0) is 6.61 Å². The summed E-state index contributed by atoms with van der Waals surface area (Å²) in [5.41, 5.74) is 2.38. The molecule has 0 aliphatic rings. The van der Waals surface area contributed by atoms with Gasteiger partial charge in [-0.3, -0.25) is 0 Å². The zero-order chi connectivity index (χ0) is 19.5. The Bertz CT molecular complexity index is 1160. The Morgan fingerprint density at radius 1 is 1.03 bits per heavy atom. The van der Waals surface area contributed by atoms with E-state index in [9.17, 15) is 4.39 Å². The van der Waals surface area contributed by atoms with Gasteiger partial charge in [0.1, 0.15) is 30.3 Å². The number of anilines is 2.